The Kier molecular flexibility index (Phi) is 4.78. The van der Waals surface area contributed by atoms with Crippen molar-refractivity contribution < 1.29 is 0 Å². The van der Waals surface area contributed by atoms with E-state index in [0.29, 0.717) is 17.8 Å². The molecule has 6 heteroatoms. The van der Waals surface area contributed by atoms with Crippen molar-refractivity contribution in [3.63, 3.8) is 0 Å². The van der Waals surface area contributed by atoms with Gasteiger partial charge in [0.05, 0.1) is 0 Å². The zero-order valence-electron chi connectivity index (χ0n) is 9.65. The number of rotatable bonds is 5. The van der Waals surface area contributed by atoms with Gasteiger partial charge in [0.15, 0.2) is 0 Å². The van der Waals surface area contributed by atoms with E-state index in [1.807, 2.05) is 26.0 Å². The van der Waals surface area contributed by atoms with Gasteiger partial charge in [-0.15, -0.1) is 0 Å². The minimum atomic E-state index is 0.490. The van der Waals surface area contributed by atoms with E-state index in [-0.39, 0.29) is 0 Å². The number of allylic oxidation sites excluding steroid dienone is 2. The maximum Gasteiger partial charge on any atom is 0.233 e. The second-order valence-corrected chi connectivity index (χ2v) is 2.84. The van der Waals surface area contributed by atoms with E-state index in [0.717, 1.165) is 0 Å². The number of hydrogen-bond donors (Lipinski definition) is 3. The van der Waals surface area contributed by atoms with E-state index < -0.39 is 0 Å². The van der Waals surface area contributed by atoms with Crippen molar-refractivity contribution in [3.8, 4) is 0 Å². The average Bonchev–Trinajstić information content (AvgIpc) is 2.33. The fourth-order valence-corrected chi connectivity index (χ4v) is 0.933. The Labute approximate surface area is 94.9 Å². The largest absolute Gasteiger partial charge is 0.357 e. The molecule has 1 aromatic rings. The molecule has 0 aliphatic heterocycles. The highest BCUT2D eigenvalue weighted by atomic mass is 15.3. The lowest BCUT2D eigenvalue weighted by molar-refractivity contribution is 1.05. The van der Waals surface area contributed by atoms with E-state index in [1.54, 1.807) is 19.4 Å². The molecule has 0 spiro atoms. The molecule has 0 bridgehead atoms. The number of nitrogens with one attached hydrogen (secondary N) is 3. The van der Waals surface area contributed by atoms with Crippen LogP contribution in [-0.2, 0) is 0 Å². The lowest BCUT2D eigenvalue weighted by atomic mass is 10.7. The van der Waals surface area contributed by atoms with Gasteiger partial charge in [-0.3, -0.25) is 0 Å². The van der Waals surface area contributed by atoms with Crippen molar-refractivity contribution in [3.05, 3.63) is 24.6 Å². The second-order valence-electron chi connectivity index (χ2n) is 2.84. The Bertz CT molecular complexity index is 353. The predicted octanol–water partition coefficient (Wildman–Crippen LogP) is 1.80. The SMILES string of the molecule is CC=CNc1nc(NC)nc(NC=CC)n1. The van der Waals surface area contributed by atoms with Crippen LogP contribution in [0.4, 0.5) is 17.8 Å². The van der Waals surface area contributed by atoms with Crippen LogP contribution in [0.5, 0.6) is 0 Å². The molecule has 6 nitrogen and oxygen atoms in total. The van der Waals surface area contributed by atoms with Crippen LogP contribution >= 0.6 is 0 Å². The molecule has 86 valence electrons. The van der Waals surface area contributed by atoms with Gasteiger partial charge >= 0.3 is 0 Å². The van der Waals surface area contributed by atoms with Crippen molar-refractivity contribution in [2.45, 2.75) is 13.8 Å². The van der Waals surface area contributed by atoms with Crippen molar-refractivity contribution in [1.29, 1.82) is 0 Å². The molecule has 0 aromatic carbocycles. The summed E-state index contributed by atoms with van der Waals surface area (Å²) in [5.41, 5.74) is 0. The molecule has 3 N–H and O–H groups in total. The number of hydrogen-bond acceptors (Lipinski definition) is 6. The molecule has 0 aliphatic carbocycles. The van der Waals surface area contributed by atoms with E-state index >= 15 is 0 Å². The highest BCUT2D eigenvalue weighted by Gasteiger charge is 2.02. The highest BCUT2D eigenvalue weighted by Crippen LogP contribution is 2.08. The zero-order valence-corrected chi connectivity index (χ0v) is 9.65. The minimum absolute atomic E-state index is 0.490. The summed E-state index contributed by atoms with van der Waals surface area (Å²) in [6.07, 6.45) is 7.24. The third-order valence-electron chi connectivity index (χ3n) is 1.62. The molecule has 0 atom stereocenters. The first-order chi connectivity index (χ1) is 7.80. The molecule has 0 amide bonds. The normalized spacial score (nSPS) is 10.9. The first-order valence-corrected chi connectivity index (χ1v) is 4.99. The van der Waals surface area contributed by atoms with Crippen molar-refractivity contribution in [2.24, 2.45) is 0 Å². The summed E-state index contributed by atoms with van der Waals surface area (Å²) in [6.45, 7) is 3.82. The summed E-state index contributed by atoms with van der Waals surface area (Å²) < 4.78 is 0. The van der Waals surface area contributed by atoms with Crippen LogP contribution in [0.2, 0.25) is 0 Å². The summed E-state index contributed by atoms with van der Waals surface area (Å²) in [7, 11) is 1.76. The fraction of sp³-hybridized carbons (Fsp3) is 0.300. The van der Waals surface area contributed by atoms with Gasteiger partial charge in [0, 0.05) is 7.05 Å². The predicted molar refractivity (Wildman–Crippen MR) is 66.2 cm³/mol. The second kappa shape index (κ2) is 6.39. The molecule has 0 saturated heterocycles. The van der Waals surface area contributed by atoms with Gasteiger partial charge < -0.3 is 16.0 Å². The molecule has 1 aromatic heterocycles. The maximum absolute atomic E-state index is 4.17. The minimum Gasteiger partial charge on any atom is -0.357 e. The van der Waals surface area contributed by atoms with Gasteiger partial charge in [0.25, 0.3) is 0 Å². The molecule has 0 saturated carbocycles. The van der Waals surface area contributed by atoms with Crippen molar-refractivity contribution >= 4 is 17.8 Å². The van der Waals surface area contributed by atoms with Gasteiger partial charge in [-0.1, -0.05) is 12.2 Å². The summed E-state index contributed by atoms with van der Waals surface area (Å²) in [6, 6.07) is 0. The van der Waals surface area contributed by atoms with Crippen LogP contribution in [0.25, 0.3) is 0 Å². The number of aromatic nitrogens is 3. The third kappa shape index (κ3) is 3.56. The fourth-order valence-electron chi connectivity index (χ4n) is 0.933. The van der Waals surface area contributed by atoms with Crippen molar-refractivity contribution in [1.82, 2.24) is 15.0 Å². The topological polar surface area (TPSA) is 74.8 Å². The van der Waals surface area contributed by atoms with E-state index in [1.165, 1.54) is 0 Å². The van der Waals surface area contributed by atoms with Gasteiger partial charge in [-0.25, -0.2) is 0 Å². The van der Waals surface area contributed by atoms with Crippen molar-refractivity contribution in [2.75, 3.05) is 23.0 Å². The lowest BCUT2D eigenvalue weighted by Crippen LogP contribution is -2.06. The number of nitrogens with zero attached hydrogens (tertiary/aromatic N) is 3. The first kappa shape index (κ1) is 12.0. The molecule has 1 rings (SSSR count). The Morgan fingerprint density at radius 2 is 1.25 bits per heavy atom. The third-order valence-corrected chi connectivity index (χ3v) is 1.62. The Hall–Kier alpha value is -2.11. The van der Waals surface area contributed by atoms with Crippen LogP contribution in [0.1, 0.15) is 13.8 Å². The van der Waals surface area contributed by atoms with Crippen LogP contribution in [0.15, 0.2) is 24.6 Å². The van der Waals surface area contributed by atoms with Crippen LogP contribution in [0, 0.1) is 0 Å². The van der Waals surface area contributed by atoms with Gasteiger partial charge in [0.1, 0.15) is 0 Å². The Morgan fingerprint density at radius 1 is 0.812 bits per heavy atom. The molecule has 16 heavy (non-hydrogen) atoms. The van der Waals surface area contributed by atoms with Crippen LogP contribution in [-0.4, -0.2) is 22.0 Å². The molecule has 0 radical (unpaired) electrons. The molecular formula is C10H16N6. The summed E-state index contributed by atoms with van der Waals surface area (Å²) in [4.78, 5) is 12.4. The average molecular weight is 220 g/mol. The Balaban J connectivity index is 2.90. The quantitative estimate of drug-likeness (QED) is 0.702. The molecule has 0 unspecified atom stereocenters. The number of anilines is 3. The van der Waals surface area contributed by atoms with E-state index in [9.17, 15) is 0 Å². The maximum atomic E-state index is 4.17. The summed E-state index contributed by atoms with van der Waals surface area (Å²) in [5, 5.41) is 8.75. The highest BCUT2D eigenvalue weighted by molar-refractivity contribution is 5.44. The lowest BCUT2D eigenvalue weighted by Gasteiger charge is -2.05. The molecular weight excluding hydrogens is 204 g/mol. The van der Waals surface area contributed by atoms with Gasteiger partial charge in [-0.05, 0) is 26.2 Å². The molecule has 0 aliphatic rings. The van der Waals surface area contributed by atoms with Gasteiger partial charge in [0.2, 0.25) is 17.8 Å². The van der Waals surface area contributed by atoms with Gasteiger partial charge in [-0.2, -0.15) is 15.0 Å². The Morgan fingerprint density at radius 3 is 1.62 bits per heavy atom. The summed E-state index contributed by atoms with van der Waals surface area (Å²) >= 11 is 0. The monoisotopic (exact) mass is 220 g/mol. The first-order valence-electron chi connectivity index (χ1n) is 4.99. The molecule has 0 fully saturated rings. The zero-order chi connectivity index (χ0) is 11.8. The van der Waals surface area contributed by atoms with E-state index in [4.69, 9.17) is 0 Å². The van der Waals surface area contributed by atoms with Crippen LogP contribution < -0.4 is 16.0 Å². The van der Waals surface area contributed by atoms with Crippen LogP contribution in [0.3, 0.4) is 0 Å². The summed E-state index contributed by atoms with van der Waals surface area (Å²) in [5.74, 6) is 1.49. The standard InChI is InChI=1S/C10H16N6/c1-4-6-12-9-14-8(11-3)15-10(16-9)13-7-5-2/h4-7H,1-3H3,(H3,11,12,13,14,15,16). The van der Waals surface area contributed by atoms with E-state index in [2.05, 4.69) is 30.9 Å². The smallest absolute Gasteiger partial charge is 0.233 e. The molecule has 1 heterocycles.